The largest absolute Gasteiger partial charge is 0.396 e. The van der Waals surface area contributed by atoms with Gasteiger partial charge in [0.1, 0.15) is 0 Å². The number of aliphatic hydroxyl groups is 2. The molecular weight excluding hydrogens is 200 g/mol. The molecule has 2 heteroatoms. The molecule has 4 atom stereocenters. The van der Waals surface area contributed by atoms with Crippen molar-refractivity contribution in [1.29, 1.82) is 0 Å². The van der Waals surface area contributed by atoms with Crippen LogP contribution >= 0.6 is 0 Å². The van der Waals surface area contributed by atoms with Crippen LogP contribution in [0.4, 0.5) is 0 Å². The molecule has 0 saturated carbocycles. The van der Waals surface area contributed by atoms with Crippen LogP contribution < -0.4 is 0 Å². The Kier molecular flexibility index (Phi) is 8.96. The van der Waals surface area contributed by atoms with Crippen LogP contribution in [0.3, 0.4) is 0 Å². The number of hydrogen-bond donors (Lipinski definition) is 2. The van der Waals surface area contributed by atoms with Gasteiger partial charge in [-0.15, -0.1) is 0 Å². The van der Waals surface area contributed by atoms with Crippen LogP contribution in [0.25, 0.3) is 0 Å². The Morgan fingerprint density at radius 1 is 1.00 bits per heavy atom. The zero-order valence-corrected chi connectivity index (χ0v) is 11.4. The van der Waals surface area contributed by atoms with E-state index in [4.69, 9.17) is 5.11 Å². The predicted octanol–water partition coefficient (Wildman–Crippen LogP) is 3.22. The maximum Gasteiger partial charge on any atom is 0.0570 e. The third-order valence-electron chi connectivity index (χ3n) is 3.49. The van der Waals surface area contributed by atoms with Gasteiger partial charge in [0.15, 0.2) is 0 Å². The van der Waals surface area contributed by atoms with E-state index < -0.39 is 0 Å². The van der Waals surface area contributed by atoms with Gasteiger partial charge in [-0.05, 0) is 37.0 Å². The minimum Gasteiger partial charge on any atom is -0.396 e. The summed E-state index contributed by atoms with van der Waals surface area (Å²) in [5.74, 6) is 1.31. The third kappa shape index (κ3) is 6.49. The summed E-state index contributed by atoms with van der Waals surface area (Å²) in [7, 11) is 0. The molecular formula is C14H30O2. The molecule has 0 saturated heterocycles. The molecule has 2 nitrogen and oxygen atoms in total. The third-order valence-corrected chi connectivity index (χ3v) is 3.49. The Morgan fingerprint density at radius 3 is 2.06 bits per heavy atom. The van der Waals surface area contributed by atoms with Crippen LogP contribution in [0, 0.1) is 17.8 Å². The van der Waals surface area contributed by atoms with Crippen LogP contribution in [0.5, 0.6) is 0 Å². The Bertz CT molecular complexity index is 159. The molecule has 0 bridgehead atoms. The summed E-state index contributed by atoms with van der Waals surface area (Å²) in [4.78, 5) is 0. The first-order chi connectivity index (χ1) is 7.54. The number of hydrogen-bond acceptors (Lipinski definition) is 2. The minimum atomic E-state index is -0.161. The Labute approximate surface area is 101 Å². The molecule has 0 aliphatic rings. The van der Waals surface area contributed by atoms with Crippen molar-refractivity contribution < 1.29 is 10.2 Å². The molecule has 0 amide bonds. The van der Waals surface area contributed by atoms with Gasteiger partial charge in [-0.1, -0.05) is 40.5 Å². The predicted molar refractivity (Wildman–Crippen MR) is 69.3 cm³/mol. The van der Waals surface area contributed by atoms with Crippen LogP contribution in [-0.4, -0.2) is 22.9 Å². The topological polar surface area (TPSA) is 40.5 Å². The second kappa shape index (κ2) is 9.00. The van der Waals surface area contributed by atoms with E-state index >= 15 is 0 Å². The summed E-state index contributed by atoms with van der Waals surface area (Å²) in [6.45, 7) is 8.82. The highest BCUT2D eigenvalue weighted by Crippen LogP contribution is 2.24. The van der Waals surface area contributed by atoms with Gasteiger partial charge in [-0.3, -0.25) is 0 Å². The van der Waals surface area contributed by atoms with Crippen LogP contribution in [0.2, 0.25) is 0 Å². The summed E-state index contributed by atoms with van der Waals surface area (Å²) >= 11 is 0. The second-order valence-electron chi connectivity index (χ2n) is 5.39. The van der Waals surface area contributed by atoms with Crippen molar-refractivity contribution in [3.63, 3.8) is 0 Å². The SMILES string of the molecule is CCCC(CC)C(O)CC(C)CC(C)CO. The summed E-state index contributed by atoms with van der Waals surface area (Å²) in [5, 5.41) is 19.1. The van der Waals surface area contributed by atoms with Gasteiger partial charge in [0.2, 0.25) is 0 Å². The van der Waals surface area contributed by atoms with E-state index in [1.54, 1.807) is 0 Å². The molecule has 16 heavy (non-hydrogen) atoms. The fraction of sp³-hybridized carbons (Fsp3) is 1.00. The zero-order valence-electron chi connectivity index (χ0n) is 11.4. The van der Waals surface area contributed by atoms with E-state index in [0.29, 0.717) is 17.8 Å². The lowest BCUT2D eigenvalue weighted by molar-refractivity contribution is 0.0711. The molecule has 0 aliphatic carbocycles. The van der Waals surface area contributed by atoms with Gasteiger partial charge >= 0.3 is 0 Å². The minimum absolute atomic E-state index is 0.161. The van der Waals surface area contributed by atoms with E-state index in [2.05, 4.69) is 27.7 Å². The van der Waals surface area contributed by atoms with E-state index in [-0.39, 0.29) is 12.7 Å². The van der Waals surface area contributed by atoms with Crippen molar-refractivity contribution in [2.24, 2.45) is 17.8 Å². The van der Waals surface area contributed by atoms with Gasteiger partial charge in [-0.25, -0.2) is 0 Å². The lowest BCUT2D eigenvalue weighted by Crippen LogP contribution is -2.23. The van der Waals surface area contributed by atoms with Gasteiger partial charge in [0, 0.05) is 6.61 Å². The highest BCUT2D eigenvalue weighted by molar-refractivity contribution is 4.71. The molecule has 4 unspecified atom stereocenters. The fourth-order valence-electron chi connectivity index (χ4n) is 2.50. The van der Waals surface area contributed by atoms with Crippen molar-refractivity contribution >= 4 is 0 Å². The number of rotatable bonds is 9. The standard InChI is InChI=1S/C14H30O2/c1-5-7-13(6-2)14(16)9-11(3)8-12(4)10-15/h11-16H,5-10H2,1-4H3. The van der Waals surface area contributed by atoms with Crippen LogP contribution in [-0.2, 0) is 0 Å². The molecule has 0 aromatic rings. The molecule has 98 valence electrons. The van der Waals surface area contributed by atoms with Gasteiger partial charge in [0.05, 0.1) is 6.10 Å². The molecule has 0 aliphatic heterocycles. The Balaban J connectivity index is 3.95. The van der Waals surface area contributed by atoms with E-state index in [0.717, 1.165) is 32.1 Å². The van der Waals surface area contributed by atoms with Crippen molar-refractivity contribution in [2.75, 3.05) is 6.61 Å². The first-order valence-electron chi connectivity index (χ1n) is 6.83. The molecule has 0 rings (SSSR count). The summed E-state index contributed by atoms with van der Waals surface area (Å²) in [6, 6.07) is 0. The Hall–Kier alpha value is -0.0800. The van der Waals surface area contributed by atoms with Crippen LogP contribution in [0.1, 0.15) is 59.8 Å². The maximum atomic E-state index is 10.1. The smallest absolute Gasteiger partial charge is 0.0570 e. The monoisotopic (exact) mass is 230 g/mol. The first kappa shape index (κ1) is 15.9. The number of aliphatic hydroxyl groups excluding tert-OH is 2. The van der Waals surface area contributed by atoms with Gasteiger partial charge in [0.25, 0.3) is 0 Å². The van der Waals surface area contributed by atoms with Crippen molar-refractivity contribution in [3.8, 4) is 0 Å². The maximum absolute atomic E-state index is 10.1. The van der Waals surface area contributed by atoms with Crippen molar-refractivity contribution in [2.45, 2.75) is 65.9 Å². The normalized spacial score (nSPS) is 19.1. The molecule has 2 N–H and O–H groups in total. The lowest BCUT2D eigenvalue weighted by Gasteiger charge is -2.25. The fourth-order valence-corrected chi connectivity index (χ4v) is 2.50. The van der Waals surface area contributed by atoms with Crippen molar-refractivity contribution in [1.82, 2.24) is 0 Å². The Morgan fingerprint density at radius 2 is 1.62 bits per heavy atom. The lowest BCUT2D eigenvalue weighted by atomic mass is 9.85. The molecule has 0 fully saturated rings. The quantitative estimate of drug-likeness (QED) is 0.638. The van der Waals surface area contributed by atoms with Gasteiger partial charge < -0.3 is 10.2 Å². The summed E-state index contributed by atoms with van der Waals surface area (Å²) in [5.41, 5.74) is 0. The van der Waals surface area contributed by atoms with E-state index in [1.807, 2.05) is 0 Å². The second-order valence-corrected chi connectivity index (χ2v) is 5.39. The molecule has 0 radical (unpaired) electrons. The summed E-state index contributed by atoms with van der Waals surface area (Å²) < 4.78 is 0. The first-order valence-corrected chi connectivity index (χ1v) is 6.83. The average molecular weight is 230 g/mol. The molecule has 0 aromatic heterocycles. The van der Waals surface area contributed by atoms with Crippen LogP contribution in [0.15, 0.2) is 0 Å². The highest BCUT2D eigenvalue weighted by Gasteiger charge is 2.19. The van der Waals surface area contributed by atoms with Gasteiger partial charge in [-0.2, -0.15) is 0 Å². The van der Waals surface area contributed by atoms with E-state index in [9.17, 15) is 5.11 Å². The average Bonchev–Trinajstić information content (AvgIpc) is 2.25. The molecule has 0 aromatic carbocycles. The molecule has 0 heterocycles. The summed E-state index contributed by atoms with van der Waals surface area (Å²) in [6.07, 6.45) is 5.07. The zero-order chi connectivity index (χ0) is 12.6. The highest BCUT2D eigenvalue weighted by atomic mass is 16.3. The van der Waals surface area contributed by atoms with Crippen molar-refractivity contribution in [3.05, 3.63) is 0 Å². The van der Waals surface area contributed by atoms with E-state index in [1.165, 1.54) is 0 Å². The molecule has 0 spiro atoms.